The highest BCUT2D eigenvalue weighted by Crippen LogP contribution is 2.19. The summed E-state index contributed by atoms with van der Waals surface area (Å²) in [6.07, 6.45) is 0. The van der Waals surface area contributed by atoms with Crippen molar-refractivity contribution in [3.63, 3.8) is 0 Å². The van der Waals surface area contributed by atoms with E-state index >= 15 is 0 Å². The summed E-state index contributed by atoms with van der Waals surface area (Å²) in [5, 5.41) is 2.93. The quantitative estimate of drug-likeness (QED) is 0.887. The second-order valence-electron chi connectivity index (χ2n) is 4.90. The third-order valence-electron chi connectivity index (χ3n) is 3.39. The highest BCUT2D eigenvalue weighted by atomic mass is 16.5. The lowest BCUT2D eigenvalue weighted by atomic mass is 10.0. The first-order valence-electron chi connectivity index (χ1n) is 6.86. The van der Waals surface area contributed by atoms with Crippen molar-refractivity contribution in [2.24, 2.45) is 5.73 Å². The van der Waals surface area contributed by atoms with Crippen molar-refractivity contribution in [3.05, 3.63) is 65.7 Å². The maximum atomic E-state index is 12.2. The number of amides is 1. The number of ether oxygens (including phenoxy) is 1. The van der Waals surface area contributed by atoms with Gasteiger partial charge in [0.05, 0.1) is 13.2 Å². The van der Waals surface area contributed by atoms with Gasteiger partial charge in [0.1, 0.15) is 11.8 Å². The third-order valence-corrected chi connectivity index (χ3v) is 3.39. The summed E-state index contributed by atoms with van der Waals surface area (Å²) in [6.45, 7) is 1.92. The molecule has 0 saturated carbocycles. The number of rotatable bonds is 5. The van der Waals surface area contributed by atoms with Crippen LogP contribution in [-0.4, -0.2) is 13.0 Å². The molecule has 0 unspecified atom stereocenters. The van der Waals surface area contributed by atoms with Gasteiger partial charge in [0, 0.05) is 0 Å². The third kappa shape index (κ3) is 3.83. The smallest absolute Gasteiger partial charge is 0.241 e. The second kappa shape index (κ2) is 6.90. The minimum atomic E-state index is -0.667. The van der Waals surface area contributed by atoms with Gasteiger partial charge in [-0.05, 0) is 30.2 Å². The first-order chi connectivity index (χ1) is 10.1. The van der Waals surface area contributed by atoms with E-state index in [1.54, 1.807) is 7.11 Å². The fraction of sp³-hybridized carbons (Fsp3) is 0.235. The molecule has 0 aromatic heterocycles. The van der Waals surface area contributed by atoms with E-state index in [1.807, 2.05) is 61.5 Å². The van der Waals surface area contributed by atoms with Crippen molar-refractivity contribution in [3.8, 4) is 5.75 Å². The highest BCUT2D eigenvalue weighted by molar-refractivity contribution is 5.83. The van der Waals surface area contributed by atoms with Crippen LogP contribution in [0.5, 0.6) is 5.75 Å². The van der Waals surface area contributed by atoms with Crippen LogP contribution in [0.3, 0.4) is 0 Å². The summed E-state index contributed by atoms with van der Waals surface area (Å²) in [4.78, 5) is 12.2. The van der Waals surface area contributed by atoms with Crippen LogP contribution in [0.1, 0.15) is 30.1 Å². The SMILES string of the molecule is COc1cccc([C@H](C)NC(=O)[C@H](N)c2ccccc2)c1. The molecule has 0 spiro atoms. The van der Waals surface area contributed by atoms with Crippen molar-refractivity contribution < 1.29 is 9.53 Å². The summed E-state index contributed by atoms with van der Waals surface area (Å²) >= 11 is 0. The first kappa shape index (κ1) is 15.1. The molecule has 4 nitrogen and oxygen atoms in total. The fourth-order valence-corrected chi connectivity index (χ4v) is 2.11. The molecule has 3 N–H and O–H groups in total. The predicted octanol–water partition coefficient (Wildman–Crippen LogP) is 2.57. The molecule has 0 heterocycles. The van der Waals surface area contributed by atoms with E-state index in [4.69, 9.17) is 10.5 Å². The Kier molecular flexibility index (Phi) is 4.95. The van der Waals surface area contributed by atoms with Crippen molar-refractivity contribution in [2.45, 2.75) is 19.0 Å². The maximum absolute atomic E-state index is 12.2. The van der Waals surface area contributed by atoms with Gasteiger partial charge in [0.15, 0.2) is 0 Å². The minimum absolute atomic E-state index is 0.137. The Morgan fingerprint density at radius 1 is 1.10 bits per heavy atom. The highest BCUT2D eigenvalue weighted by Gasteiger charge is 2.18. The van der Waals surface area contributed by atoms with Gasteiger partial charge < -0.3 is 15.8 Å². The van der Waals surface area contributed by atoms with Crippen molar-refractivity contribution in [1.82, 2.24) is 5.32 Å². The Balaban J connectivity index is 2.04. The van der Waals surface area contributed by atoms with E-state index in [1.165, 1.54) is 0 Å². The lowest BCUT2D eigenvalue weighted by molar-refractivity contribution is -0.123. The van der Waals surface area contributed by atoms with Crippen LogP contribution in [0.4, 0.5) is 0 Å². The molecule has 2 rings (SSSR count). The normalized spacial score (nSPS) is 13.3. The van der Waals surface area contributed by atoms with E-state index in [9.17, 15) is 4.79 Å². The maximum Gasteiger partial charge on any atom is 0.241 e. The monoisotopic (exact) mass is 284 g/mol. The Morgan fingerprint density at radius 2 is 1.76 bits per heavy atom. The first-order valence-corrected chi connectivity index (χ1v) is 6.86. The molecule has 0 aliphatic rings. The van der Waals surface area contributed by atoms with Crippen LogP contribution in [0.2, 0.25) is 0 Å². The molecule has 0 aliphatic heterocycles. The number of methoxy groups -OCH3 is 1. The Bertz CT molecular complexity index is 599. The van der Waals surface area contributed by atoms with Crippen LogP contribution >= 0.6 is 0 Å². The Hall–Kier alpha value is -2.33. The topological polar surface area (TPSA) is 64.3 Å². The minimum Gasteiger partial charge on any atom is -0.497 e. The molecule has 2 atom stereocenters. The van der Waals surface area contributed by atoms with Crippen LogP contribution in [-0.2, 0) is 4.79 Å². The number of carbonyl (C=O) groups excluding carboxylic acids is 1. The van der Waals surface area contributed by atoms with Gasteiger partial charge in [-0.15, -0.1) is 0 Å². The van der Waals surface area contributed by atoms with E-state index in [0.29, 0.717) is 0 Å². The zero-order chi connectivity index (χ0) is 15.2. The second-order valence-corrected chi connectivity index (χ2v) is 4.90. The lowest BCUT2D eigenvalue weighted by Crippen LogP contribution is -2.35. The van der Waals surface area contributed by atoms with E-state index < -0.39 is 6.04 Å². The summed E-state index contributed by atoms with van der Waals surface area (Å²) in [5.41, 5.74) is 7.76. The molecule has 2 aromatic carbocycles. The Morgan fingerprint density at radius 3 is 2.43 bits per heavy atom. The molecule has 0 radical (unpaired) electrons. The van der Waals surface area contributed by atoms with Crippen molar-refractivity contribution >= 4 is 5.91 Å². The fourth-order valence-electron chi connectivity index (χ4n) is 2.11. The van der Waals surface area contributed by atoms with Gasteiger partial charge in [-0.25, -0.2) is 0 Å². The summed E-state index contributed by atoms with van der Waals surface area (Å²) in [6, 6.07) is 16.1. The number of nitrogens with one attached hydrogen (secondary N) is 1. The largest absolute Gasteiger partial charge is 0.497 e. The number of hydrogen-bond donors (Lipinski definition) is 2. The molecule has 0 bridgehead atoms. The van der Waals surface area contributed by atoms with Crippen LogP contribution in [0, 0.1) is 0 Å². The van der Waals surface area contributed by atoms with E-state index in [-0.39, 0.29) is 11.9 Å². The van der Waals surface area contributed by atoms with E-state index in [0.717, 1.165) is 16.9 Å². The summed E-state index contributed by atoms with van der Waals surface area (Å²) in [7, 11) is 1.62. The molecular formula is C17H20N2O2. The molecule has 2 aromatic rings. The molecule has 0 aliphatic carbocycles. The molecule has 1 amide bonds. The van der Waals surface area contributed by atoms with Crippen LogP contribution in [0.25, 0.3) is 0 Å². The van der Waals surface area contributed by atoms with Crippen LogP contribution < -0.4 is 15.8 Å². The van der Waals surface area contributed by atoms with Gasteiger partial charge in [-0.3, -0.25) is 4.79 Å². The zero-order valence-electron chi connectivity index (χ0n) is 12.2. The molecular weight excluding hydrogens is 264 g/mol. The molecule has 4 heteroatoms. The van der Waals surface area contributed by atoms with Crippen molar-refractivity contribution in [1.29, 1.82) is 0 Å². The number of nitrogens with two attached hydrogens (primary N) is 1. The summed E-state index contributed by atoms with van der Waals surface area (Å²) < 4.78 is 5.19. The Labute approximate surface area is 124 Å². The van der Waals surface area contributed by atoms with Gasteiger partial charge in [-0.1, -0.05) is 42.5 Å². The molecule has 0 fully saturated rings. The molecule has 21 heavy (non-hydrogen) atoms. The van der Waals surface area contributed by atoms with Gasteiger partial charge in [0.25, 0.3) is 0 Å². The zero-order valence-corrected chi connectivity index (χ0v) is 12.2. The number of hydrogen-bond acceptors (Lipinski definition) is 3. The molecule has 110 valence electrons. The number of carbonyl (C=O) groups is 1. The standard InChI is InChI=1S/C17H20N2O2/c1-12(14-9-6-10-15(11-14)21-2)19-17(20)16(18)13-7-4-3-5-8-13/h3-12,16H,18H2,1-2H3,(H,19,20)/t12-,16+/m0/s1. The predicted molar refractivity (Wildman–Crippen MR) is 82.9 cm³/mol. The lowest BCUT2D eigenvalue weighted by Gasteiger charge is -2.18. The average Bonchev–Trinajstić information content (AvgIpc) is 2.54. The summed E-state index contributed by atoms with van der Waals surface area (Å²) in [5.74, 6) is 0.567. The van der Waals surface area contributed by atoms with Crippen molar-refractivity contribution in [2.75, 3.05) is 7.11 Å². The average molecular weight is 284 g/mol. The van der Waals surface area contributed by atoms with Crippen LogP contribution in [0.15, 0.2) is 54.6 Å². The molecule has 0 saturated heterocycles. The van der Waals surface area contributed by atoms with Gasteiger partial charge >= 0.3 is 0 Å². The number of benzene rings is 2. The van der Waals surface area contributed by atoms with Gasteiger partial charge in [0.2, 0.25) is 5.91 Å². The van der Waals surface area contributed by atoms with Gasteiger partial charge in [-0.2, -0.15) is 0 Å². The van der Waals surface area contributed by atoms with E-state index in [2.05, 4.69) is 5.32 Å².